The van der Waals surface area contributed by atoms with Gasteiger partial charge in [-0.2, -0.15) is 4.57 Å². The highest BCUT2D eigenvalue weighted by molar-refractivity contribution is 7.07. The second-order valence-corrected chi connectivity index (χ2v) is 10.8. The van der Waals surface area contributed by atoms with Crippen molar-refractivity contribution in [3.63, 3.8) is 0 Å². The molecule has 0 saturated heterocycles. The summed E-state index contributed by atoms with van der Waals surface area (Å²) >= 11 is 1.68. The van der Waals surface area contributed by atoms with Crippen LogP contribution in [0.5, 0.6) is 5.75 Å². The summed E-state index contributed by atoms with van der Waals surface area (Å²) < 4.78 is 8.04. The van der Waals surface area contributed by atoms with E-state index in [1.807, 2.05) is 36.4 Å². The van der Waals surface area contributed by atoms with Crippen molar-refractivity contribution in [3.8, 4) is 5.75 Å². The first-order chi connectivity index (χ1) is 18.2. The highest BCUT2D eigenvalue weighted by Gasteiger charge is 2.07. The number of hydrogen-bond donors (Lipinski definition) is 1. The standard InChI is InChI=1S/C32H44N2O2S.BrH/c1-2-3-4-5-6-7-8-9-10-11-12-13-23-36-31-20-16-28(17-21-31)25-32(35)33-30-18-14-29(15-19-30)26-34-22-24-37-27-34;/h14-22,24,27H,2-13,23,25-26H2,1H3;1H. The molecule has 0 fully saturated rings. The number of thiazole rings is 1. The zero-order valence-electron chi connectivity index (χ0n) is 23.0. The van der Waals surface area contributed by atoms with Crippen molar-refractivity contribution < 1.29 is 31.1 Å². The van der Waals surface area contributed by atoms with Crippen molar-refractivity contribution in [3.05, 3.63) is 76.7 Å². The molecule has 0 bridgehead atoms. The van der Waals surface area contributed by atoms with Crippen LogP contribution in [0.2, 0.25) is 0 Å². The van der Waals surface area contributed by atoms with Crippen LogP contribution in [0, 0.1) is 0 Å². The first-order valence-electron chi connectivity index (χ1n) is 14.2. The molecular formula is C32H45BrN2O2S. The van der Waals surface area contributed by atoms with Crippen LogP contribution in [-0.2, 0) is 17.8 Å². The Morgan fingerprint density at radius 2 is 1.37 bits per heavy atom. The quantitative estimate of drug-likeness (QED) is 0.149. The fourth-order valence-electron chi connectivity index (χ4n) is 4.48. The number of anilines is 1. The van der Waals surface area contributed by atoms with E-state index in [1.165, 1.54) is 76.2 Å². The van der Waals surface area contributed by atoms with Gasteiger partial charge in [-0.1, -0.05) is 113 Å². The van der Waals surface area contributed by atoms with Crippen LogP contribution in [0.1, 0.15) is 95.1 Å². The van der Waals surface area contributed by atoms with Gasteiger partial charge in [0.05, 0.1) is 18.4 Å². The summed E-state index contributed by atoms with van der Waals surface area (Å²) in [5, 5.41) is 5.06. The molecule has 1 aromatic heterocycles. The maximum Gasteiger partial charge on any atom is 0.228 e. The van der Waals surface area contributed by atoms with Crippen LogP contribution in [-0.4, -0.2) is 12.5 Å². The van der Waals surface area contributed by atoms with Gasteiger partial charge in [0.1, 0.15) is 5.75 Å². The molecule has 0 unspecified atom stereocenters. The summed E-state index contributed by atoms with van der Waals surface area (Å²) in [6.45, 7) is 3.88. The van der Waals surface area contributed by atoms with Crippen LogP contribution in [0.3, 0.4) is 0 Å². The summed E-state index contributed by atoms with van der Waals surface area (Å²) in [7, 11) is 0. The first kappa shape index (κ1) is 32.0. The molecular weight excluding hydrogens is 556 g/mol. The first-order valence-corrected chi connectivity index (χ1v) is 15.2. The summed E-state index contributed by atoms with van der Waals surface area (Å²) in [6.07, 6.45) is 18.6. The topological polar surface area (TPSA) is 42.2 Å². The number of aromatic nitrogens is 1. The Morgan fingerprint density at radius 1 is 0.789 bits per heavy atom. The van der Waals surface area contributed by atoms with Gasteiger partial charge in [0.2, 0.25) is 11.4 Å². The number of carbonyl (C=O) groups is 1. The van der Waals surface area contributed by atoms with Gasteiger partial charge in [-0.25, -0.2) is 0 Å². The highest BCUT2D eigenvalue weighted by Crippen LogP contribution is 2.16. The lowest BCUT2D eigenvalue weighted by atomic mass is 10.1. The fourth-order valence-corrected chi connectivity index (χ4v) is 5.08. The molecule has 3 aromatic rings. The van der Waals surface area contributed by atoms with Crippen molar-refractivity contribution in [1.29, 1.82) is 0 Å². The third-order valence-electron chi connectivity index (χ3n) is 6.68. The van der Waals surface area contributed by atoms with Crippen molar-refractivity contribution >= 4 is 22.9 Å². The van der Waals surface area contributed by atoms with Gasteiger partial charge < -0.3 is 27.0 Å². The summed E-state index contributed by atoms with van der Waals surface area (Å²) in [4.78, 5) is 12.5. The number of hydrogen-bond acceptors (Lipinski definition) is 3. The number of rotatable bonds is 19. The van der Waals surface area contributed by atoms with Crippen LogP contribution < -0.4 is 31.6 Å². The Bertz CT molecular complexity index is 991. The van der Waals surface area contributed by atoms with Gasteiger partial charge in [-0.15, -0.1) is 0 Å². The molecule has 3 rings (SSSR count). The van der Waals surface area contributed by atoms with E-state index in [0.717, 1.165) is 36.6 Å². The van der Waals surface area contributed by atoms with E-state index in [4.69, 9.17) is 4.74 Å². The van der Waals surface area contributed by atoms with Crippen LogP contribution >= 0.6 is 11.3 Å². The van der Waals surface area contributed by atoms with E-state index in [1.54, 1.807) is 11.3 Å². The Kier molecular flexibility index (Phi) is 16.7. The average Bonchev–Trinajstić information content (AvgIpc) is 3.42. The number of unbranched alkanes of at least 4 members (excludes halogenated alkanes) is 11. The Hall–Kier alpha value is -2.18. The number of nitrogens with one attached hydrogen (secondary N) is 1. The number of halogens is 1. The van der Waals surface area contributed by atoms with E-state index < -0.39 is 0 Å². The average molecular weight is 602 g/mol. The van der Waals surface area contributed by atoms with Crippen LogP contribution in [0.4, 0.5) is 5.69 Å². The fraction of sp³-hybridized carbons (Fsp3) is 0.500. The molecule has 6 heteroatoms. The smallest absolute Gasteiger partial charge is 0.228 e. The van der Waals surface area contributed by atoms with E-state index in [-0.39, 0.29) is 22.9 Å². The molecule has 1 amide bonds. The zero-order chi connectivity index (χ0) is 26.0. The lowest BCUT2D eigenvalue weighted by molar-refractivity contribution is -0.683. The molecule has 2 aromatic carbocycles. The Labute approximate surface area is 244 Å². The van der Waals surface area contributed by atoms with Crippen molar-refractivity contribution in [1.82, 2.24) is 0 Å². The minimum Gasteiger partial charge on any atom is -1.00 e. The minimum absolute atomic E-state index is 0. The van der Waals surface area contributed by atoms with Crippen molar-refractivity contribution in [2.75, 3.05) is 11.9 Å². The second-order valence-electron chi connectivity index (χ2n) is 10.0. The number of amides is 1. The van der Waals surface area contributed by atoms with E-state index >= 15 is 0 Å². The van der Waals surface area contributed by atoms with Gasteiger partial charge in [0.15, 0.2) is 12.7 Å². The van der Waals surface area contributed by atoms with Crippen molar-refractivity contribution in [2.45, 2.75) is 96.9 Å². The van der Waals surface area contributed by atoms with Gasteiger partial charge >= 0.3 is 0 Å². The number of nitrogens with zero attached hydrogens (tertiary/aromatic N) is 1. The molecule has 1 heterocycles. The van der Waals surface area contributed by atoms with E-state index in [2.05, 4.69) is 46.0 Å². The number of carbonyl (C=O) groups excluding carboxylic acids is 1. The molecule has 208 valence electrons. The van der Waals surface area contributed by atoms with Gasteiger partial charge in [0.25, 0.3) is 0 Å². The van der Waals surface area contributed by atoms with Gasteiger partial charge in [0, 0.05) is 11.3 Å². The largest absolute Gasteiger partial charge is 1.00 e. The molecule has 1 N–H and O–H groups in total. The van der Waals surface area contributed by atoms with E-state index in [0.29, 0.717) is 6.42 Å². The molecule has 0 radical (unpaired) electrons. The number of benzene rings is 2. The van der Waals surface area contributed by atoms with Crippen LogP contribution in [0.25, 0.3) is 0 Å². The van der Waals surface area contributed by atoms with Crippen LogP contribution in [0.15, 0.2) is 65.6 Å². The molecule has 0 aliphatic rings. The molecule has 0 aliphatic heterocycles. The summed E-state index contributed by atoms with van der Waals surface area (Å²) in [6, 6.07) is 16.0. The Balaban J connectivity index is 0.00000507. The summed E-state index contributed by atoms with van der Waals surface area (Å²) in [5.74, 6) is 0.872. The van der Waals surface area contributed by atoms with Crippen molar-refractivity contribution in [2.24, 2.45) is 0 Å². The lowest BCUT2D eigenvalue weighted by Crippen LogP contribution is -3.00. The molecule has 0 spiro atoms. The third kappa shape index (κ3) is 13.6. The number of ether oxygens (including phenoxy) is 1. The maximum atomic E-state index is 12.5. The van der Waals surface area contributed by atoms with Gasteiger partial charge in [-0.05, 0) is 36.2 Å². The molecule has 0 atom stereocenters. The SMILES string of the molecule is CCCCCCCCCCCCCCOc1ccc(CC(=O)Nc2ccc(C[n+]3ccsc3)cc2)cc1.[Br-]. The summed E-state index contributed by atoms with van der Waals surface area (Å²) in [5.41, 5.74) is 5.11. The molecule has 4 nitrogen and oxygen atoms in total. The lowest BCUT2D eigenvalue weighted by Gasteiger charge is -2.08. The predicted octanol–water partition coefficient (Wildman–Crippen LogP) is 5.35. The molecule has 0 aliphatic carbocycles. The van der Waals surface area contributed by atoms with E-state index in [9.17, 15) is 4.79 Å². The minimum atomic E-state index is -0.00915. The Morgan fingerprint density at radius 3 is 1.95 bits per heavy atom. The maximum absolute atomic E-state index is 12.5. The predicted molar refractivity (Wildman–Crippen MR) is 155 cm³/mol. The molecule has 0 saturated carbocycles. The second kappa shape index (κ2) is 19.8. The normalized spacial score (nSPS) is 10.7. The zero-order valence-corrected chi connectivity index (χ0v) is 25.4. The molecule has 38 heavy (non-hydrogen) atoms. The third-order valence-corrected chi connectivity index (χ3v) is 7.36. The van der Waals surface area contributed by atoms with Gasteiger partial charge in [-0.3, -0.25) is 4.79 Å². The highest BCUT2D eigenvalue weighted by atomic mass is 79.9. The monoisotopic (exact) mass is 600 g/mol.